The van der Waals surface area contributed by atoms with Crippen molar-refractivity contribution in [2.24, 2.45) is 11.8 Å². The summed E-state index contributed by atoms with van der Waals surface area (Å²) >= 11 is 0. The number of hydrogen-bond acceptors (Lipinski definition) is 3. The molecule has 1 aliphatic heterocycles. The van der Waals surface area contributed by atoms with Crippen LogP contribution < -0.4 is 5.32 Å². The van der Waals surface area contributed by atoms with Crippen LogP contribution in [0.1, 0.15) is 33.1 Å². The fraction of sp³-hybridized carbons (Fsp3) is 0.917. The lowest BCUT2D eigenvalue weighted by atomic mass is 9.96. The van der Waals surface area contributed by atoms with Crippen molar-refractivity contribution in [2.75, 3.05) is 26.8 Å². The van der Waals surface area contributed by atoms with Gasteiger partial charge in [0, 0.05) is 20.1 Å². The largest absolute Gasteiger partial charge is 0.384 e. The topological polar surface area (TPSA) is 38.3 Å². The average molecular weight is 215 g/mol. The van der Waals surface area contributed by atoms with Crippen LogP contribution in [0.15, 0.2) is 0 Å². The SMILES string of the molecule is COCC(C)C.O=CCC1CCNCC1. The molecule has 0 aliphatic carbocycles. The van der Waals surface area contributed by atoms with Crippen LogP contribution in [0.2, 0.25) is 0 Å². The molecule has 1 aliphatic rings. The first kappa shape index (κ1) is 14.6. The molecule has 3 heteroatoms. The molecule has 0 aromatic carbocycles. The Kier molecular flexibility index (Phi) is 9.84. The van der Waals surface area contributed by atoms with Crippen molar-refractivity contribution in [1.82, 2.24) is 5.32 Å². The maximum absolute atomic E-state index is 10.1. The monoisotopic (exact) mass is 215 g/mol. The van der Waals surface area contributed by atoms with Gasteiger partial charge in [-0.3, -0.25) is 0 Å². The fourth-order valence-electron chi connectivity index (χ4n) is 1.59. The maximum atomic E-state index is 10.1. The summed E-state index contributed by atoms with van der Waals surface area (Å²) in [6.45, 7) is 7.32. The maximum Gasteiger partial charge on any atom is 0.120 e. The van der Waals surface area contributed by atoms with Gasteiger partial charge in [-0.2, -0.15) is 0 Å². The van der Waals surface area contributed by atoms with Gasteiger partial charge in [0.05, 0.1) is 0 Å². The Morgan fingerprint density at radius 3 is 2.33 bits per heavy atom. The summed E-state index contributed by atoms with van der Waals surface area (Å²) in [4.78, 5) is 10.1. The Labute approximate surface area is 93.6 Å². The molecule has 1 N–H and O–H groups in total. The molecule has 0 radical (unpaired) electrons. The molecule has 0 bridgehead atoms. The van der Waals surface area contributed by atoms with Crippen LogP contribution >= 0.6 is 0 Å². The zero-order chi connectivity index (χ0) is 11.5. The molecular formula is C12H25NO2. The zero-order valence-corrected chi connectivity index (χ0v) is 10.3. The highest BCUT2D eigenvalue weighted by molar-refractivity contribution is 5.49. The summed E-state index contributed by atoms with van der Waals surface area (Å²) in [5.41, 5.74) is 0. The van der Waals surface area contributed by atoms with Crippen molar-refractivity contribution < 1.29 is 9.53 Å². The van der Waals surface area contributed by atoms with Crippen molar-refractivity contribution in [2.45, 2.75) is 33.1 Å². The van der Waals surface area contributed by atoms with Gasteiger partial charge < -0.3 is 14.8 Å². The number of carbonyl (C=O) groups excluding carboxylic acids is 1. The van der Waals surface area contributed by atoms with E-state index in [2.05, 4.69) is 19.2 Å². The van der Waals surface area contributed by atoms with Crippen LogP contribution in [0, 0.1) is 11.8 Å². The third-order valence-corrected chi connectivity index (χ3v) is 2.39. The van der Waals surface area contributed by atoms with Crippen LogP contribution in [0.4, 0.5) is 0 Å². The van der Waals surface area contributed by atoms with Crippen LogP contribution in [0.25, 0.3) is 0 Å². The summed E-state index contributed by atoms with van der Waals surface area (Å²) in [6, 6.07) is 0. The second-order valence-electron chi connectivity index (χ2n) is 4.44. The lowest BCUT2D eigenvalue weighted by molar-refractivity contribution is -0.108. The third-order valence-electron chi connectivity index (χ3n) is 2.39. The minimum Gasteiger partial charge on any atom is -0.384 e. The van der Waals surface area contributed by atoms with Gasteiger partial charge in [-0.1, -0.05) is 13.8 Å². The Morgan fingerprint density at radius 1 is 1.40 bits per heavy atom. The van der Waals surface area contributed by atoms with E-state index in [1.54, 1.807) is 7.11 Å². The molecule has 0 atom stereocenters. The Balaban J connectivity index is 0.000000288. The van der Waals surface area contributed by atoms with Gasteiger partial charge in [0.15, 0.2) is 0 Å². The van der Waals surface area contributed by atoms with Gasteiger partial charge in [-0.15, -0.1) is 0 Å². The van der Waals surface area contributed by atoms with E-state index in [0.29, 0.717) is 11.8 Å². The minimum atomic E-state index is 0.670. The first-order valence-corrected chi connectivity index (χ1v) is 5.84. The van der Waals surface area contributed by atoms with Gasteiger partial charge >= 0.3 is 0 Å². The number of carbonyl (C=O) groups is 1. The number of ether oxygens (including phenoxy) is 1. The van der Waals surface area contributed by atoms with Crippen LogP contribution in [0.3, 0.4) is 0 Å². The number of piperidine rings is 1. The Bertz CT molecular complexity index is 143. The van der Waals surface area contributed by atoms with Crippen molar-refractivity contribution in [3.05, 3.63) is 0 Å². The van der Waals surface area contributed by atoms with E-state index in [-0.39, 0.29) is 0 Å². The summed E-state index contributed by atoms with van der Waals surface area (Å²) in [5.74, 6) is 1.35. The van der Waals surface area contributed by atoms with E-state index in [1.807, 2.05) is 0 Å². The van der Waals surface area contributed by atoms with Crippen LogP contribution in [-0.4, -0.2) is 33.1 Å². The molecule has 0 saturated carbocycles. The van der Waals surface area contributed by atoms with E-state index in [9.17, 15) is 4.79 Å². The average Bonchev–Trinajstić information content (AvgIpc) is 2.20. The normalized spacial score (nSPS) is 17.1. The molecule has 1 fully saturated rings. The summed E-state index contributed by atoms with van der Waals surface area (Å²) in [7, 11) is 1.72. The molecule has 90 valence electrons. The molecule has 0 unspecified atom stereocenters. The molecule has 1 saturated heterocycles. The van der Waals surface area contributed by atoms with Gasteiger partial charge in [0.2, 0.25) is 0 Å². The van der Waals surface area contributed by atoms with E-state index in [1.165, 1.54) is 12.8 Å². The first-order valence-electron chi connectivity index (χ1n) is 5.84. The van der Waals surface area contributed by atoms with Crippen molar-refractivity contribution in [3.8, 4) is 0 Å². The Morgan fingerprint density at radius 2 is 2.00 bits per heavy atom. The smallest absolute Gasteiger partial charge is 0.120 e. The lowest BCUT2D eigenvalue weighted by Crippen LogP contribution is -2.27. The van der Waals surface area contributed by atoms with Gasteiger partial charge in [0.25, 0.3) is 0 Å². The minimum absolute atomic E-state index is 0.670. The fourth-order valence-corrected chi connectivity index (χ4v) is 1.59. The van der Waals surface area contributed by atoms with Crippen LogP contribution in [-0.2, 0) is 9.53 Å². The van der Waals surface area contributed by atoms with Gasteiger partial charge in [0.1, 0.15) is 6.29 Å². The number of methoxy groups -OCH3 is 1. The number of nitrogens with one attached hydrogen (secondary N) is 1. The second kappa shape index (κ2) is 10.1. The predicted molar refractivity (Wildman–Crippen MR) is 63.0 cm³/mol. The third kappa shape index (κ3) is 9.88. The van der Waals surface area contributed by atoms with Gasteiger partial charge in [-0.25, -0.2) is 0 Å². The zero-order valence-electron chi connectivity index (χ0n) is 10.3. The number of rotatable bonds is 4. The summed E-state index contributed by atoms with van der Waals surface area (Å²) in [6.07, 6.45) is 4.16. The summed E-state index contributed by atoms with van der Waals surface area (Å²) in [5, 5.41) is 3.26. The number of hydrogen-bond donors (Lipinski definition) is 1. The molecule has 3 nitrogen and oxygen atoms in total. The highest BCUT2D eigenvalue weighted by Crippen LogP contribution is 2.13. The van der Waals surface area contributed by atoms with Crippen molar-refractivity contribution in [1.29, 1.82) is 0 Å². The van der Waals surface area contributed by atoms with E-state index in [0.717, 1.165) is 32.4 Å². The molecule has 1 heterocycles. The highest BCUT2D eigenvalue weighted by Gasteiger charge is 2.10. The molecule has 0 amide bonds. The number of aldehydes is 1. The molecule has 0 aromatic heterocycles. The lowest BCUT2D eigenvalue weighted by Gasteiger charge is -2.19. The molecule has 1 rings (SSSR count). The van der Waals surface area contributed by atoms with Crippen molar-refractivity contribution in [3.63, 3.8) is 0 Å². The molecule has 0 aromatic rings. The van der Waals surface area contributed by atoms with Crippen LogP contribution in [0.5, 0.6) is 0 Å². The Hall–Kier alpha value is -0.410. The van der Waals surface area contributed by atoms with Gasteiger partial charge in [-0.05, 0) is 37.8 Å². The van der Waals surface area contributed by atoms with E-state index in [4.69, 9.17) is 4.74 Å². The summed E-state index contributed by atoms with van der Waals surface area (Å²) < 4.78 is 4.80. The molecular weight excluding hydrogens is 190 g/mol. The predicted octanol–water partition coefficient (Wildman–Crippen LogP) is 1.86. The molecule has 15 heavy (non-hydrogen) atoms. The van der Waals surface area contributed by atoms with E-state index >= 15 is 0 Å². The first-order chi connectivity index (χ1) is 7.20. The highest BCUT2D eigenvalue weighted by atomic mass is 16.5. The standard InChI is InChI=1S/C7H13NO.C5H12O/c9-6-3-7-1-4-8-5-2-7;1-5(2)4-6-3/h6-8H,1-5H2;5H,4H2,1-3H3. The van der Waals surface area contributed by atoms with Crippen molar-refractivity contribution >= 4 is 6.29 Å². The van der Waals surface area contributed by atoms with E-state index < -0.39 is 0 Å². The second-order valence-corrected chi connectivity index (χ2v) is 4.44. The molecule has 0 spiro atoms. The quantitative estimate of drug-likeness (QED) is 0.728.